The number of amides is 1. The molecular formula is C18H20FN3O4. The zero-order chi connectivity index (χ0) is 18.5. The predicted molar refractivity (Wildman–Crippen MR) is 89.6 cm³/mol. The highest BCUT2D eigenvalue weighted by Gasteiger charge is 2.31. The third-order valence-electron chi connectivity index (χ3n) is 4.46. The summed E-state index contributed by atoms with van der Waals surface area (Å²) in [5.41, 5.74) is 0.648. The van der Waals surface area contributed by atoms with E-state index in [4.69, 9.17) is 4.52 Å². The van der Waals surface area contributed by atoms with Crippen molar-refractivity contribution in [2.75, 3.05) is 6.54 Å². The molecule has 1 aliphatic rings. The molecule has 1 fully saturated rings. The molecule has 3 rings (SSSR count). The van der Waals surface area contributed by atoms with Gasteiger partial charge >= 0.3 is 5.97 Å². The molecule has 0 saturated carbocycles. The van der Waals surface area contributed by atoms with Gasteiger partial charge in [0.15, 0.2) is 0 Å². The molecule has 138 valence electrons. The van der Waals surface area contributed by atoms with Crippen molar-refractivity contribution >= 4 is 11.9 Å². The van der Waals surface area contributed by atoms with Gasteiger partial charge in [-0.15, -0.1) is 0 Å². The van der Waals surface area contributed by atoms with Gasteiger partial charge < -0.3 is 14.5 Å². The average Bonchev–Trinajstić information content (AvgIpc) is 3.11. The molecule has 1 atom stereocenters. The lowest BCUT2D eigenvalue weighted by Crippen LogP contribution is -2.47. The van der Waals surface area contributed by atoms with Crippen LogP contribution in [0.3, 0.4) is 0 Å². The molecule has 26 heavy (non-hydrogen) atoms. The van der Waals surface area contributed by atoms with Gasteiger partial charge in [0.2, 0.25) is 17.6 Å². The minimum Gasteiger partial charge on any atom is -0.480 e. The number of likely N-dealkylation sites (tertiary alicyclic amines) is 1. The number of aryl methyl sites for hydroxylation is 1. The zero-order valence-corrected chi connectivity index (χ0v) is 14.2. The summed E-state index contributed by atoms with van der Waals surface area (Å²) in [4.78, 5) is 29.3. The topological polar surface area (TPSA) is 96.5 Å². The van der Waals surface area contributed by atoms with Gasteiger partial charge in [0, 0.05) is 24.9 Å². The smallest absolute Gasteiger partial charge is 0.326 e. The van der Waals surface area contributed by atoms with E-state index in [-0.39, 0.29) is 18.1 Å². The van der Waals surface area contributed by atoms with Crippen molar-refractivity contribution < 1.29 is 23.6 Å². The minimum atomic E-state index is -0.945. The summed E-state index contributed by atoms with van der Waals surface area (Å²) in [5, 5.41) is 13.1. The fourth-order valence-corrected chi connectivity index (χ4v) is 3.09. The number of carbonyl (C=O) groups excluding carboxylic acids is 1. The molecule has 1 aromatic carbocycles. The second-order valence-electron chi connectivity index (χ2n) is 6.31. The van der Waals surface area contributed by atoms with Gasteiger partial charge in [-0.05, 0) is 49.9 Å². The van der Waals surface area contributed by atoms with Crippen molar-refractivity contribution in [1.29, 1.82) is 0 Å². The maximum atomic E-state index is 12.9. The summed E-state index contributed by atoms with van der Waals surface area (Å²) in [6, 6.07) is 5.05. The number of carboxylic acid groups (broad SMARTS) is 1. The largest absolute Gasteiger partial charge is 0.480 e. The van der Waals surface area contributed by atoms with E-state index in [1.54, 1.807) is 12.1 Å². The Labute approximate surface area is 149 Å². The van der Waals surface area contributed by atoms with E-state index in [1.807, 2.05) is 0 Å². The Hall–Kier alpha value is -2.77. The van der Waals surface area contributed by atoms with Crippen molar-refractivity contribution in [3.05, 3.63) is 36.0 Å². The molecule has 0 spiro atoms. The molecule has 1 aliphatic heterocycles. The van der Waals surface area contributed by atoms with Crippen LogP contribution < -0.4 is 0 Å². The normalized spacial score (nSPS) is 17.3. The second-order valence-corrected chi connectivity index (χ2v) is 6.31. The summed E-state index contributed by atoms with van der Waals surface area (Å²) in [6.07, 6.45) is 3.32. The molecule has 1 saturated heterocycles. The summed E-state index contributed by atoms with van der Waals surface area (Å²) in [7, 11) is 0. The van der Waals surface area contributed by atoms with Gasteiger partial charge in [-0.25, -0.2) is 9.18 Å². The lowest BCUT2D eigenvalue weighted by Gasteiger charge is -2.33. The van der Waals surface area contributed by atoms with Gasteiger partial charge in [-0.3, -0.25) is 4.79 Å². The number of benzene rings is 1. The number of piperidine rings is 1. The molecule has 1 N–H and O–H groups in total. The van der Waals surface area contributed by atoms with E-state index in [1.165, 1.54) is 17.0 Å². The number of aliphatic carboxylic acids is 1. The number of carboxylic acids is 1. The predicted octanol–water partition coefficient (Wildman–Crippen LogP) is 2.66. The number of hydrogen-bond donors (Lipinski definition) is 1. The molecule has 0 radical (unpaired) electrons. The molecular weight excluding hydrogens is 341 g/mol. The van der Waals surface area contributed by atoms with Crippen LogP contribution in [0.2, 0.25) is 0 Å². The van der Waals surface area contributed by atoms with Crippen LogP contribution >= 0.6 is 0 Å². The fourth-order valence-electron chi connectivity index (χ4n) is 3.09. The van der Waals surface area contributed by atoms with Crippen molar-refractivity contribution in [3.63, 3.8) is 0 Å². The Morgan fingerprint density at radius 2 is 2.04 bits per heavy atom. The van der Waals surface area contributed by atoms with Gasteiger partial charge in [-0.1, -0.05) is 5.16 Å². The Kier molecular flexibility index (Phi) is 5.60. The maximum Gasteiger partial charge on any atom is 0.326 e. The lowest BCUT2D eigenvalue weighted by molar-refractivity contribution is -0.152. The first kappa shape index (κ1) is 18.0. The molecule has 8 heteroatoms. The van der Waals surface area contributed by atoms with Crippen LogP contribution in [0.1, 0.15) is 38.0 Å². The van der Waals surface area contributed by atoms with E-state index >= 15 is 0 Å². The summed E-state index contributed by atoms with van der Waals surface area (Å²) >= 11 is 0. The molecule has 2 aromatic rings. The number of halogens is 1. The van der Waals surface area contributed by atoms with Crippen LogP contribution in [0.4, 0.5) is 4.39 Å². The third-order valence-corrected chi connectivity index (χ3v) is 4.46. The van der Waals surface area contributed by atoms with E-state index in [9.17, 15) is 19.1 Å². The van der Waals surface area contributed by atoms with Crippen LogP contribution in [0.25, 0.3) is 11.4 Å². The fraction of sp³-hybridized carbons (Fsp3) is 0.444. The first-order chi connectivity index (χ1) is 12.5. The van der Waals surface area contributed by atoms with Crippen molar-refractivity contribution in [2.24, 2.45) is 0 Å². The zero-order valence-electron chi connectivity index (χ0n) is 14.2. The van der Waals surface area contributed by atoms with Crippen molar-refractivity contribution in [2.45, 2.75) is 44.6 Å². The Balaban J connectivity index is 1.52. The Bertz CT molecular complexity index is 775. The lowest BCUT2D eigenvalue weighted by atomic mass is 10.0. The van der Waals surface area contributed by atoms with Crippen LogP contribution in [-0.4, -0.2) is 44.6 Å². The first-order valence-electron chi connectivity index (χ1n) is 8.65. The summed E-state index contributed by atoms with van der Waals surface area (Å²) in [6.45, 7) is 0.491. The van der Waals surface area contributed by atoms with Gasteiger partial charge in [0.1, 0.15) is 11.9 Å². The highest BCUT2D eigenvalue weighted by atomic mass is 19.1. The Morgan fingerprint density at radius 1 is 1.27 bits per heavy atom. The van der Waals surface area contributed by atoms with E-state index in [0.29, 0.717) is 43.1 Å². The highest BCUT2D eigenvalue weighted by molar-refractivity contribution is 5.83. The van der Waals surface area contributed by atoms with Gasteiger partial charge in [0.05, 0.1) is 0 Å². The van der Waals surface area contributed by atoms with E-state index in [0.717, 1.165) is 12.8 Å². The minimum absolute atomic E-state index is 0.157. The van der Waals surface area contributed by atoms with Crippen molar-refractivity contribution in [3.8, 4) is 11.4 Å². The standard InChI is InChI=1S/C18H20FN3O4/c19-13-9-7-12(8-10-13)17-20-15(26-21-17)5-3-6-16(23)22-11-2-1-4-14(22)18(24)25/h7-10,14H,1-6,11H2,(H,24,25). The van der Waals surface area contributed by atoms with E-state index in [2.05, 4.69) is 10.1 Å². The van der Waals surface area contributed by atoms with Crippen LogP contribution in [0.5, 0.6) is 0 Å². The van der Waals surface area contributed by atoms with Crippen LogP contribution in [0, 0.1) is 5.82 Å². The van der Waals surface area contributed by atoms with Gasteiger partial charge in [-0.2, -0.15) is 4.98 Å². The van der Waals surface area contributed by atoms with E-state index < -0.39 is 12.0 Å². The maximum absolute atomic E-state index is 12.9. The number of nitrogens with zero attached hydrogens (tertiary/aromatic N) is 3. The number of carbonyl (C=O) groups is 2. The SMILES string of the molecule is O=C(O)C1CCCCN1C(=O)CCCc1nc(-c2ccc(F)cc2)no1. The monoisotopic (exact) mass is 361 g/mol. The second kappa shape index (κ2) is 8.07. The van der Waals surface area contributed by atoms with Gasteiger partial charge in [0.25, 0.3) is 0 Å². The molecule has 7 nitrogen and oxygen atoms in total. The quantitative estimate of drug-likeness (QED) is 0.850. The third kappa shape index (κ3) is 4.25. The number of hydrogen-bond acceptors (Lipinski definition) is 5. The van der Waals surface area contributed by atoms with Crippen molar-refractivity contribution in [1.82, 2.24) is 15.0 Å². The molecule has 0 bridgehead atoms. The first-order valence-corrected chi connectivity index (χ1v) is 8.65. The molecule has 1 unspecified atom stereocenters. The highest BCUT2D eigenvalue weighted by Crippen LogP contribution is 2.20. The summed E-state index contributed by atoms with van der Waals surface area (Å²) < 4.78 is 18.1. The molecule has 2 heterocycles. The number of rotatable bonds is 6. The molecule has 1 amide bonds. The average molecular weight is 361 g/mol. The Morgan fingerprint density at radius 3 is 2.77 bits per heavy atom. The molecule has 0 aliphatic carbocycles. The number of aromatic nitrogens is 2. The van der Waals surface area contributed by atoms with Crippen LogP contribution in [-0.2, 0) is 16.0 Å². The molecule has 1 aromatic heterocycles. The summed E-state index contributed by atoms with van der Waals surface area (Å²) in [5.74, 6) is -0.679. The van der Waals surface area contributed by atoms with Crippen LogP contribution in [0.15, 0.2) is 28.8 Å².